The predicted octanol–water partition coefficient (Wildman–Crippen LogP) is 1.28. The predicted molar refractivity (Wildman–Crippen MR) is 57.3 cm³/mol. The number of nitrogens with one attached hydrogen (secondary N) is 1. The molecule has 0 saturated heterocycles. The molecule has 1 atom stereocenters. The van der Waals surface area contributed by atoms with Crippen LogP contribution in [0.3, 0.4) is 0 Å². The van der Waals surface area contributed by atoms with Crippen LogP contribution in [-0.4, -0.2) is 17.6 Å². The second-order valence-corrected chi connectivity index (χ2v) is 3.90. The van der Waals surface area contributed by atoms with Gasteiger partial charge in [0.05, 0.1) is 5.69 Å². The minimum atomic E-state index is 0.338. The van der Waals surface area contributed by atoms with Gasteiger partial charge in [-0.15, -0.1) is 0 Å². The van der Waals surface area contributed by atoms with Gasteiger partial charge in [-0.25, -0.2) is 0 Å². The number of nitrogens with zero attached hydrogens (tertiary/aromatic N) is 1. The topological polar surface area (TPSA) is 50.9 Å². The summed E-state index contributed by atoms with van der Waals surface area (Å²) in [6.07, 6.45) is 1.80. The Balaban J connectivity index is 2.41. The number of hydrogen-bond donors (Lipinski definition) is 2. The van der Waals surface area contributed by atoms with E-state index in [4.69, 9.17) is 5.73 Å². The molecule has 13 heavy (non-hydrogen) atoms. The number of halogens is 1. The highest BCUT2D eigenvalue weighted by Crippen LogP contribution is 2.07. The molecule has 0 amide bonds. The van der Waals surface area contributed by atoms with Gasteiger partial charge in [0.25, 0.3) is 0 Å². The van der Waals surface area contributed by atoms with Crippen molar-refractivity contribution in [1.82, 2.24) is 10.3 Å². The van der Waals surface area contributed by atoms with Crippen molar-refractivity contribution < 1.29 is 0 Å². The van der Waals surface area contributed by atoms with Crippen molar-refractivity contribution in [2.45, 2.75) is 19.5 Å². The Morgan fingerprint density at radius 1 is 1.62 bits per heavy atom. The van der Waals surface area contributed by atoms with Gasteiger partial charge in [-0.1, -0.05) is 0 Å². The number of aromatic nitrogens is 1. The summed E-state index contributed by atoms with van der Waals surface area (Å²) in [6.45, 7) is 3.47. The molecule has 0 aliphatic rings. The minimum absolute atomic E-state index is 0.338. The summed E-state index contributed by atoms with van der Waals surface area (Å²) in [5.41, 5.74) is 6.50. The molecule has 0 fully saturated rings. The molecule has 3 N–H and O–H groups in total. The van der Waals surface area contributed by atoms with Crippen molar-refractivity contribution in [2.24, 2.45) is 5.73 Å². The van der Waals surface area contributed by atoms with Gasteiger partial charge in [0, 0.05) is 29.8 Å². The highest BCUT2D eigenvalue weighted by atomic mass is 79.9. The van der Waals surface area contributed by atoms with E-state index in [0.717, 1.165) is 16.7 Å². The van der Waals surface area contributed by atoms with Crippen molar-refractivity contribution in [3.05, 3.63) is 28.5 Å². The maximum Gasteiger partial charge on any atom is 0.0542 e. The molecule has 0 unspecified atom stereocenters. The standard InChI is InChI=1S/C9H14BrN3/c1-7(4-11)12-6-9-3-2-8(10)5-13-9/h2-3,5,7,12H,4,6,11H2,1H3/t7-/m0/s1. The van der Waals surface area contributed by atoms with E-state index in [-0.39, 0.29) is 0 Å². The van der Waals surface area contributed by atoms with Crippen molar-refractivity contribution in [2.75, 3.05) is 6.54 Å². The molecule has 0 bridgehead atoms. The van der Waals surface area contributed by atoms with E-state index >= 15 is 0 Å². The van der Waals surface area contributed by atoms with Crippen LogP contribution in [0.15, 0.2) is 22.8 Å². The Morgan fingerprint density at radius 2 is 2.38 bits per heavy atom. The van der Waals surface area contributed by atoms with Gasteiger partial charge in [-0.2, -0.15) is 0 Å². The molecule has 0 saturated carbocycles. The minimum Gasteiger partial charge on any atom is -0.329 e. The molecule has 3 nitrogen and oxygen atoms in total. The summed E-state index contributed by atoms with van der Waals surface area (Å²) >= 11 is 3.34. The van der Waals surface area contributed by atoms with E-state index in [1.807, 2.05) is 12.1 Å². The van der Waals surface area contributed by atoms with Crippen LogP contribution in [0.2, 0.25) is 0 Å². The molecular weight excluding hydrogens is 230 g/mol. The first-order valence-corrected chi connectivity index (χ1v) is 5.05. The van der Waals surface area contributed by atoms with Crippen LogP contribution in [0.5, 0.6) is 0 Å². The van der Waals surface area contributed by atoms with E-state index < -0.39 is 0 Å². The molecule has 1 aromatic rings. The zero-order chi connectivity index (χ0) is 9.68. The highest BCUT2D eigenvalue weighted by molar-refractivity contribution is 9.10. The second kappa shape index (κ2) is 5.32. The van der Waals surface area contributed by atoms with Crippen molar-refractivity contribution >= 4 is 15.9 Å². The summed E-state index contributed by atoms with van der Waals surface area (Å²) < 4.78 is 1.00. The maximum atomic E-state index is 5.47. The summed E-state index contributed by atoms with van der Waals surface area (Å²) in [7, 11) is 0. The van der Waals surface area contributed by atoms with E-state index in [2.05, 4.69) is 33.2 Å². The second-order valence-electron chi connectivity index (χ2n) is 2.99. The molecule has 0 aliphatic heterocycles. The van der Waals surface area contributed by atoms with Gasteiger partial charge in [0.2, 0.25) is 0 Å². The Morgan fingerprint density at radius 3 is 2.92 bits per heavy atom. The van der Waals surface area contributed by atoms with Crippen molar-refractivity contribution in [1.29, 1.82) is 0 Å². The van der Waals surface area contributed by atoms with Crippen LogP contribution in [0, 0.1) is 0 Å². The van der Waals surface area contributed by atoms with E-state index in [1.165, 1.54) is 0 Å². The molecular formula is C9H14BrN3. The average molecular weight is 244 g/mol. The van der Waals surface area contributed by atoms with Crippen molar-refractivity contribution in [3.8, 4) is 0 Å². The fraction of sp³-hybridized carbons (Fsp3) is 0.444. The fourth-order valence-electron chi connectivity index (χ4n) is 0.873. The van der Waals surface area contributed by atoms with Crippen LogP contribution in [0.1, 0.15) is 12.6 Å². The summed E-state index contributed by atoms with van der Waals surface area (Å²) in [5, 5.41) is 3.27. The monoisotopic (exact) mass is 243 g/mol. The van der Waals surface area contributed by atoms with Crippen LogP contribution >= 0.6 is 15.9 Å². The largest absolute Gasteiger partial charge is 0.329 e. The lowest BCUT2D eigenvalue weighted by atomic mass is 10.3. The molecule has 1 rings (SSSR count). The molecule has 1 aromatic heterocycles. The first kappa shape index (κ1) is 10.6. The number of nitrogens with two attached hydrogens (primary N) is 1. The lowest BCUT2D eigenvalue weighted by molar-refractivity contribution is 0.550. The quantitative estimate of drug-likeness (QED) is 0.838. The third kappa shape index (κ3) is 3.85. The summed E-state index contributed by atoms with van der Waals surface area (Å²) in [5.74, 6) is 0. The smallest absolute Gasteiger partial charge is 0.0542 e. The molecule has 72 valence electrons. The molecule has 0 aliphatic carbocycles. The zero-order valence-electron chi connectivity index (χ0n) is 7.63. The van der Waals surface area contributed by atoms with E-state index in [9.17, 15) is 0 Å². The summed E-state index contributed by atoms with van der Waals surface area (Å²) in [4.78, 5) is 4.23. The number of rotatable bonds is 4. The molecule has 0 aromatic carbocycles. The Kier molecular flexibility index (Phi) is 4.35. The van der Waals surface area contributed by atoms with Crippen LogP contribution in [-0.2, 0) is 6.54 Å². The van der Waals surface area contributed by atoms with E-state index in [0.29, 0.717) is 12.6 Å². The first-order chi connectivity index (χ1) is 6.22. The van der Waals surface area contributed by atoms with Gasteiger partial charge in [-0.3, -0.25) is 4.98 Å². The van der Waals surface area contributed by atoms with Crippen LogP contribution in [0.4, 0.5) is 0 Å². The van der Waals surface area contributed by atoms with Gasteiger partial charge in [-0.05, 0) is 35.0 Å². The fourth-order valence-corrected chi connectivity index (χ4v) is 1.11. The number of hydrogen-bond acceptors (Lipinski definition) is 3. The van der Waals surface area contributed by atoms with Gasteiger partial charge in [0.1, 0.15) is 0 Å². The molecule has 0 spiro atoms. The normalized spacial score (nSPS) is 12.8. The first-order valence-electron chi connectivity index (χ1n) is 4.26. The van der Waals surface area contributed by atoms with Gasteiger partial charge >= 0.3 is 0 Å². The Bertz CT molecular complexity index is 248. The van der Waals surface area contributed by atoms with Crippen LogP contribution in [0.25, 0.3) is 0 Å². The Labute approximate surface area is 86.9 Å². The van der Waals surface area contributed by atoms with E-state index in [1.54, 1.807) is 6.20 Å². The maximum absolute atomic E-state index is 5.47. The SMILES string of the molecule is C[C@@H](CN)NCc1ccc(Br)cn1. The molecule has 1 heterocycles. The Hall–Kier alpha value is -0.450. The van der Waals surface area contributed by atoms with Crippen molar-refractivity contribution in [3.63, 3.8) is 0 Å². The lowest BCUT2D eigenvalue weighted by Gasteiger charge is -2.10. The third-order valence-electron chi connectivity index (χ3n) is 1.77. The van der Waals surface area contributed by atoms with Gasteiger partial charge in [0.15, 0.2) is 0 Å². The highest BCUT2D eigenvalue weighted by Gasteiger charge is 1.98. The van der Waals surface area contributed by atoms with Crippen LogP contribution < -0.4 is 11.1 Å². The lowest BCUT2D eigenvalue weighted by Crippen LogP contribution is -2.32. The number of pyridine rings is 1. The molecule has 0 radical (unpaired) electrons. The zero-order valence-corrected chi connectivity index (χ0v) is 9.21. The summed E-state index contributed by atoms with van der Waals surface area (Å²) in [6, 6.07) is 4.31. The molecule has 4 heteroatoms. The third-order valence-corrected chi connectivity index (χ3v) is 2.24. The average Bonchev–Trinajstić information content (AvgIpc) is 2.16. The van der Waals surface area contributed by atoms with Gasteiger partial charge < -0.3 is 11.1 Å².